The molecule has 0 saturated carbocycles. The Morgan fingerprint density at radius 2 is 1.91 bits per heavy atom. The minimum absolute atomic E-state index is 0.132. The quantitative estimate of drug-likeness (QED) is 0.574. The molecule has 8 nitrogen and oxygen atoms in total. The van der Waals surface area contributed by atoms with Crippen LogP contribution in [0.25, 0.3) is 11.1 Å². The van der Waals surface area contributed by atoms with Crippen molar-refractivity contribution in [3.63, 3.8) is 0 Å². The lowest BCUT2D eigenvalue weighted by Crippen LogP contribution is -2.33. The minimum Gasteiger partial charge on any atom is -0.444 e. The van der Waals surface area contributed by atoms with Gasteiger partial charge in [0.05, 0.1) is 18.9 Å². The number of aryl methyl sites for hydroxylation is 1. The number of anilines is 1. The van der Waals surface area contributed by atoms with E-state index in [1.54, 1.807) is 40.1 Å². The minimum atomic E-state index is -0.675. The number of pyridine rings is 1. The summed E-state index contributed by atoms with van der Waals surface area (Å²) in [5.41, 5.74) is 8.09. The summed E-state index contributed by atoms with van der Waals surface area (Å²) in [6.07, 6.45) is 1.89. The number of amides is 2. The molecule has 0 saturated heterocycles. The van der Waals surface area contributed by atoms with Crippen LogP contribution in [0.1, 0.15) is 43.7 Å². The van der Waals surface area contributed by atoms with Crippen LogP contribution in [0.3, 0.4) is 0 Å². The number of nitrogens with one attached hydrogen (secondary N) is 1. The van der Waals surface area contributed by atoms with Gasteiger partial charge in [-0.15, -0.1) is 0 Å². The van der Waals surface area contributed by atoms with E-state index in [4.69, 9.17) is 15.2 Å². The molecule has 3 N–H and O–H groups in total. The van der Waals surface area contributed by atoms with Gasteiger partial charge in [-0.1, -0.05) is 31.2 Å². The summed E-state index contributed by atoms with van der Waals surface area (Å²) >= 11 is 0. The molecule has 0 atom stereocenters. The summed E-state index contributed by atoms with van der Waals surface area (Å²) in [6, 6.07) is 9.81. The average Bonchev–Trinajstić information content (AvgIpc) is 2.74. The van der Waals surface area contributed by atoms with E-state index >= 15 is 0 Å². The summed E-state index contributed by atoms with van der Waals surface area (Å²) in [5.74, 6) is -0.332. The first-order chi connectivity index (χ1) is 15.1. The zero-order chi connectivity index (χ0) is 23.7. The van der Waals surface area contributed by atoms with E-state index in [0.717, 1.165) is 17.5 Å². The fourth-order valence-corrected chi connectivity index (χ4v) is 2.94. The Morgan fingerprint density at radius 3 is 2.56 bits per heavy atom. The van der Waals surface area contributed by atoms with Crippen molar-refractivity contribution in [3.05, 3.63) is 47.8 Å². The van der Waals surface area contributed by atoms with Crippen LogP contribution in [-0.2, 0) is 15.9 Å². The molecule has 0 unspecified atom stereocenters. The SMILES string of the molecule is CCc1cccc(-c2cnc(C(=O)N(C)CCOCCN)c(NC(=O)OC(C)(C)C)c2)c1. The third kappa shape index (κ3) is 7.62. The van der Waals surface area contributed by atoms with Gasteiger partial charge in [0.2, 0.25) is 0 Å². The van der Waals surface area contributed by atoms with Crippen LogP contribution in [0.5, 0.6) is 0 Å². The van der Waals surface area contributed by atoms with Gasteiger partial charge < -0.3 is 20.1 Å². The van der Waals surface area contributed by atoms with Crippen LogP contribution >= 0.6 is 0 Å². The van der Waals surface area contributed by atoms with Gasteiger partial charge in [0.1, 0.15) is 5.60 Å². The summed E-state index contributed by atoms with van der Waals surface area (Å²) in [6.45, 7) is 8.99. The molecular weight excluding hydrogens is 408 g/mol. The molecule has 0 aliphatic carbocycles. The number of carbonyl (C=O) groups excluding carboxylic acids is 2. The topological polar surface area (TPSA) is 107 Å². The van der Waals surface area contributed by atoms with Crippen LogP contribution in [0, 0.1) is 0 Å². The van der Waals surface area contributed by atoms with Crippen molar-refractivity contribution in [2.75, 3.05) is 38.7 Å². The van der Waals surface area contributed by atoms with E-state index in [0.29, 0.717) is 32.0 Å². The summed E-state index contributed by atoms with van der Waals surface area (Å²) in [4.78, 5) is 31.4. The highest BCUT2D eigenvalue weighted by molar-refractivity contribution is 6.01. The first kappa shape index (κ1) is 25.3. The highest BCUT2D eigenvalue weighted by atomic mass is 16.6. The molecule has 1 aromatic carbocycles. The molecule has 0 aliphatic rings. The highest BCUT2D eigenvalue weighted by Gasteiger charge is 2.22. The van der Waals surface area contributed by atoms with Crippen molar-refractivity contribution in [1.82, 2.24) is 9.88 Å². The molecule has 0 radical (unpaired) electrons. The van der Waals surface area contributed by atoms with Crippen LogP contribution in [-0.4, -0.2) is 60.8 Å². The monoisotopic (exact) mass is 442 g/mol. The average molecular weight is 443 g/mol. The number of nitrogens with zero attached hydrogens (tertiary/aromatic N) is 2. The second-order valence-corrected chi connectivity index (χ2v) is 8.43. The molecule has 174 valence electrons. The fourth-order valence-electron chi connectivity index (χ4n) is 2.94. The van der Waals surface area contributed by atoms with Crippen molar-refractivity contribution in [3.8, 4) is 11.1 Å². The van der Waals surface area contributed by atoms with Gasteiger partial charge in [0.25, 0.3) is 5.91 Å². The van der Waals surface area contributed by atoms with Gasteiger partial charge in [0, 0.05) is 31.9 Å². The molecule has 2 aromatic rings. The summed E-state index contributed by atoms with van der Waals surface area (Å²) in [5, 5.41) is 2.70. The van der Waals surface area contributed by atoms with Gasteiger partial charge in [-0.05, 0) is 44.4 Å². The molecule has 1 heterocycles. The Hall–Kier alpha value is -2.97. The Morgan fingerprint density at radius 1 is 1.16 bits per heavy atom. The maximum absolute atomic E-state index is 13.0. The number of hydrogen-bond acceptors (Lipinski definition) is 6. The second kappa shape index (κ2) is 11.6. The van der Waals surface area contributed by atoms with Crippen molar-refractivity contribution >= 4 is 17.7 Å². The molecule has 2 amide bonds. The molecule has 0 spiro atoms. The van der Waals surface area contributed by atoms with Crippen LogP contribution in [0.15, 0.2) is 36.5 Å². The molecule has 0 bridgehead atoms. The number of nitrogens with two attached hydrogens (primary N) is 1. The zero-order valence-corrected chi connectivity index (χ0v) is 19.6. The second-order valence-electron chi connectivity index (χ2n) is 8.43. The summed E-state index contributed by atoms with van der Waals surface area (Å²) in [7, 11) is 1.66. The van der Waals surface area contributed by atoms with E-state index in [2.05, 4.69) is 29.4 Å². The van der Waals surface area contributed by atoms with Crippen LogP contribution < -0.4 is 11.1 Å². The molecule has 0 fully saturated rings. The smallest absolute Gasteiger partial charge is 0.412 e. The Balaban J connectivity index is 2.34. The third-order valence-electron chi connectivity index (χ3n) is 4.57. The Bertz CT molecular complexity index is 924. The zero-order valence-electron chi connectivity index (χ0n) is 19.6. The fraction of sp³-hybridized carbons (Fsp3) is 0.458. The molecule has 2 rings (SSSR count). The van der Waals surface area contributed by atoms with Gasteiger partial charge >= 0.3 is 6.09 Å². The van der Waals surface area contributed by atoms with Crippen molar-refractivity contribution in [2.24, 2.45) is 5.73 Å². The lowest BCUT2D eigenvalue weighted by molar-refractivity contribution is 0.0635. The predicted octanol–water partition coefficient (Wildman–Crippen LogP) is 3.71. The molecule has 8 heteroatoms. The number of carbonyl (C=O) groups is 2. The highest BCUT2D eigenvalue weighted by Crippen LogP contribution is 2.26. The van der Waals surface area contributed by atoms with Crippen molar-refractivity contribution in [1.29, 1.82) is 0 Å². The number of likely N-dealkylation sites (N-methyl/N-ethyl adjacent to an activating group) is 1. The first-order valence-electron chi connectivity index (χ1n) is 10.8. The summed E-state index contributed by atoms with van der Waals surface area (Å²) < 4.78 is 10.7. The number of ether oxygens (including phenoxy) is 2. The Kier molecular flexibility index (Phi) is 9.16. The van der Waals surface area contributed by atoms with Gasteiger partial charge in [-0.3, -0.25) is 10.1 Å². The Labute approximate surface area is 190 Å². The third-order valence-corrected chi connectivity index (χ3v) is 4.57. The normalized spacial score (nSPS) is 11.2. The van der Waals surface area contributed by atoms with E-state index < -0.39 is 11.7 Å². The predicted molar refractivity (Wildman–Crippen MR) is 126 cm³/mol. The molecule has 1 aromatic heterocycles. The first-order valence-corrected chi connectivity index (χ1v) is 10.8. The van der Waals surface area contributed by atoms with Gasteiger partial charge in [-0.25, -0.2) is 9.78 Å². The van der Waals surface area contributed by atoms with Crippen molar-refractivity contribution < 1.29 is 19.1 Å². The van der Waals surface area contributed by atoms with Gasteiger partial charge in [0.15, 0.2) is 5.69 Å². The number of aromatic nitrogens is 1. The lowest BCUT2D eigenvalue weighted by Gasteiger charge is -2.22. The van der Waals surface area contributed by atoms with Crippen molar-refractivity contribution in [2.45, 2.75) is 39.7 Å². The van der Waals surface area contributed by atoms with E-state index in [9.17, 15) is 9.59 Å². The van der Waals surface area contributed by atoms with Crippen LogP contribution in [0.4, 0.5) is 10.5 Å². The van der Waals surface area contributed by atoms with E-state index in [1.165, 1.54) is 10.5 Å². The molecule has 0 aliphatic heterocycles. The lowest BCUT2D eigenvalue weighted by atomic mass is 10.0. The van der Waals surface area contributed by atoms with Gasteiger partial charge in [-0.2, -0.15) is 0 Å². The van der Waals surface area contributed by atoms with E-state index in [-0.39, 0.29) is 11.6 Å². The maximum atomic E-state index is 13.0. The number of benzene rings is 1. The standard InChI is InChI=1S/C24H34N4O4/c1-6-17-8-7-9-18(14-17)19-15-20(27-23(30)32-24(2,3)4)21(26-16-19)22(29)28(5)11-13-31-12-10-25/h7-9,14-16H,6,10-13,25H2,1-5H3,(H,27,30). The number of hydrogen-bond donors (Lipinski definition) is 2. The number of rotatable bonds is 9. The molecular formula is C24H34N4O4. The van der Waals surface area contributed by atoms with E-state index in [1.807, 2.05) is 12.1 Å². The molecule has 32 heavy (non-hydrogen) atoms. The maximum Gasteiger partial charge on any atom is 0.412 e. The van der Waals surface area contributed by atoms with Crippen LogP contribution in [0.2, 0.25) is 0 Å². The largest absolute Gasteiger partial charge is 0.444 e.